The molecule has 0 saturated heterocycles. The number of rotatable bonds is 1. The third kappa shape index (κ3) is 2.39. The maximum atomic E-state index is 6.40. The van der Waals surface area contributed by atoms with Gasteiger partial charge in [0.05, 0.1) is 5.69 Å². The normalized spacial score (nSPS) is 17.3. The van der Waals surface area contributed by atoms with E-state index in [9.17, 15) is 0 Å². The first kappa shape index (κ1) is 13.0. The molecule has 0 bridgehead atoms. The van der Waals surface area contributed by atoms with Gasteiger partial charge in [0, 0.05) is 31.6 Å². The average molecular weight is 301 g/mol. The van der Waals surface area contributed by atoms with Crippen LogP contribution in [-0.4, -0.2) is 23.1 Å². The maximum Gasteiger partial charge on any atom is 0.227 e. The van der Waals surface area contributed by atoms with Crippen molar-refractivity contribution in [3.63, 3.8) is 0 Å². The topological polar surface area (TPSA) is 41.1 Å². The number of benzene rings is 1. The zero-order valence-corrected chi connectivity index (χ0v) is 12.5. The number of nitrogens with one attached hydrogen (secondary N) is 1. The summed E-state index contributed by atoms with van der Waals surface area (Å²) < 4.78 is 0. The first-order chi connectivity index (χ1) is 10.3. The van der Waals surface area contributed by atoms with Crippen molar-refractivity contribution in [3.05, 3.63) is 51.8 Å². The second-order valence-corrected chi connectivity index (χ2v) is 5.97. The van der Waals surface area contributed by atoms with Crippen molar-refractivity contribution in [3.8, 4) is 0 Å². The van der Waals surface area contributed by atoms with E-state index in [-0.39, 0.29) is 0 Å². The minimum Gasteiger partial charge on any atom is -0.332 e. The Bertz CT molecular complexity index is 661. The minimum absolute atomic E-state index is 0.620. The van der Waals surface area contributed by atoms with Gasteiger partial charge in [-0.2, -0.15) is 0 Å². The highest BCUT2D eigenvalue weighted by atomic mass is 35.5. The van der Waals surface area contributed by atoms with Crippen LogP contribution in [0.25, 0.3) is 0 Å². The Morgan fingerprint density at radius 3 is 2.48 bits per heavy atom. The predicted octanol–water partition coefficient (Wildman–Crippen LogP) is 2.34. The van der Waals surface area contributed by atoms with E-state index < -0.39 is 0 Å². The second kappa shape index (κ2) is 5.28. The lowest BCUT2D eigenvalue weighted by Gasteiger charge is -2.18. The maximum absolute atomic E-state index is 6.40. The summed E-state index contributed by atoms with van der Waals surface area (Å²) >= 11 is 6.40. The molecule has 0 saturated carbocycles. The molecule has 2 aromatic rings. The first-order valence-electron chi connectivity index (χ1n) is 7.39. The Morgan fingerprint density at radius 1 is 1.00 bits per heavy atom. The number of anilines is 1. The van der Waals surface area contributed by atoms with Crippen molar-refractivity contribution in [2.45, 2.75) is 25.9 Å². The third-order valence-corrected chi connectivity index (χ3v) is 4.56. The molecule has 4 rings (SSSR count). The summed E-state index contributed by atoms with van der Waals surface area (Å²) in [5, 5.41) is 4.00. The van der Waals surface area contributed by atoms with Gasteiger partial charge in [0.1, 0.15) is 5.15 Å². The zero-order valence-electron chi connectivity index (χ0n) is 11.8. The SMILES string of the molecule is Clc1nc(N2Cc3ccccc3C2)nc2c1CCNCC2. The van der Waals surface area contributed by atoms with Crippen LogP contribution < -0.4 is 10.2 Å². The smallest absolute Gasteiger partial charge is 0.227 e. The number of aromatic nitrogens is 2. The van der Waals surface area contributed by atoms with Gasteiger partial charge in [0.25, 0.3) is 0 Å². The van der Waals surface area contributed by atoms with Crippen LogP contribution in [0.4, 0.5) is 5.95 Å². The van der Waals surface area contributed by atoms with Gasteiger partial charge in [0.2, 0.25) is 5.95 Å². The molecule has 108 valence electrons. The lowest BCUT2D eigenvalue weighted by molar-refractivity contribution is 0.708. The molecule has 5 heteroatoms. The number of nitrogens with zero attached hydrogens (tertiary/aromatic N) is 3. The van der Waals surface area contributed by atoms with Gasteiger partial charge in [-0.15, -0.1) is 0 Å². The third-order valence-electron chi connectivity index (χ3n) is 4.24. The Balaban J connectivity index is 1.68. The Morgan fingerprint density at radius 2 is 1.71 bits per heavy atom. The highest BCUT2D eigenvalue weighted by Gasteiger charge is 2.23. The van der Waals surface area contributed by atoms with E-state index in [2.05, 4.69) is 39.5 Å². The Hall–Kier alpha value is -1.65. The minimum atomic E-state index is 0.620. The van der Waals surface area contributed by atoms with Gasteiger partial charge in [-0.25, -0.2) is 9.97 Å². The largest absolute Gasteiger partial charge is 0.332 e. The van der Waals surface area contributed by atoms with Crippen LogP contribution in [-0.2, 0) is 25.9 Å². The van der Waals surface area contributed by atoms with Crippen LogP contribution >= 0.6 is 11.6 Å². The van der Waals surface area contributed by atoms with Crippen LogP contribution in [0.2, 0.25) is 5.15 Å². The van der Waals surface area contributed by atoms with Crippen LogP contribution in [0.1, 0.15) is 22.4 Å². The van der Waals surface area contributed by atoms with Gasteiger partial charge in [-0.1, -0.05) is 35.9 Å². The summed E-state index contributed by atoms with van der Waals surface area (Å²) in [6.07, 6.45) is 1.83. The van der Waals surface area contributed by atoms with E-state index in [1.54, 1.807) is 0 Å². The molecule has 21 heavy (non-hydrogen) atoms. The van der Waals surface area contributed by atoms with E-state index in [1.165, 1.54) is 11.1 Å². The molecule has 2 aliphatic rings. The second-order valence-electron chi connectivity index (χ2n) is 5.61. The fourth-order valence-corrected chi connectivity index (χ4v) is 3.38. The molecule has 0 radical (unpaired) electrons. The highest BCUT2D eigenvalue weighted by molar-refractivity contribution is 6.30. The lowest BCUT2D eigenvalue weighted by atomic mass is 10.1. The van der Waals surface area contributed by atoms with Crippen molar-refractivity contribution in [1.29, 1.82) is 0 Å². The highest BCUT2D eigenvalue weighted by Crippen LogP contribution is 2.28. The molecule has 0 atom stereocenters. The number of fused-ring (bicyclic) bond motifs is 2. The van der Waals surface area contributed by atoms with Crippen LogP contribution in [0, 0.1) is 0 Å². The molecule has 0 aliphatic carbocycles. The van der Waals surface area contributed by atoms with Crippen molar-refractivity contribution in [2.75, 3.05) is 18.0 Å². The summed E-state index contributed by atoms with van der Waals surface area (Å²) in [4.78, 5) is 11.5. The Kier molecular flexibility index (Phi) is 3.28. The molecule has 3 heterocycles. The number of hydrogen-bond acceptors (Lipinski definition) is 4. The monoisotopic (exact) mass is 300 g/mol. The fourth-order valence-electron chi connectivity index (χ4n) is 3.10. The molecule has 0 spiro atoms. The van der Waals surface area contributed by atoms with Crippen molar-refractivity contribution < 1.29 is 0 Å². The number of hydrogen-bond donors (Lipinski definition) is 1. The fraction of sp³-hybridized carbons (Fsp3) is 0.375. The molecule has 4 nitrogen and oxygen atoms in total. The molecule has 1 aromatic heterocycles. The summed E-state index contributed by atoms with van der Waals surface area (Å²) in [6.45, 7) is 3.64. The quantitative estimate of drug-likeness (QED) is 0.821. The molecular formula is C16H17ClN4. The summed E-state index contributed by atoms with van der Waals surface area (Å²) in [5.74, 6) is 0.761. The van der Waals surface area contributed by atoms with E-state index in [1.807, 2.05) is 0 Å². The van der Waals surface area contributed by atoms with E-state index in [4.69, 9.17) is 16.6 Å². The molecule has 0 amide bonds. The summed E-state index contributed by atoms with van der Waals surface area (Å²) in [6, 6.07) is 8.51. The van der Waals surface area contributed by atoms with Gasteiger partial charge in [0.15, 0.2) is 0 Å². The summed E-state index contributed by atoms with van der Waals surface area (Å²) in [7, 11) is 0. The molecule has 0 unspecified atom stereocenters. The standard InChI is InChI=1S/C16H17ClN4/c17-15-13-5-7-18-8-6-14(13)19-16(20-15)21-9-11-3-1-2-4-12(11)10-21/h1-4,18H,5-10H2. The average Bonchev–Trinajstić information content (AvgIpc) is 2.78. The van der Waals surface area contributed by atoms with Gasteiger partial charge < -0.3 is 10.2 Å². The summed E-state index contributed by atoms with van der Waals surface area (Å²) in [5.41, 5.74) is 4.93. The van der Waals surface area contributed by atoms with Crippen molar-refractivity contribution in [2.24, 2.45) is 0 Å². The molecule has 0 fully saturated rings. The van der Waals surface area contributed by atoms with E-state index in [0.29, 0.717) is 5.15 Å². The van der Waals surface area contributed by atoms with Crippen LogP contribution in [0.5, 0.6) is 0 Å². The van der Waals surface area contributed by atoms with Crippen LogP contribution in [0.3, 0.4) is 0 Å². The predicted molar refractivity (Wildman–Crippen MR) is 83.6 cm³/mol. The van der Waals surface area contributed by atoms with E-state index in [0.717, 1.165) is 56.2 Å². The molecule has 2 aliphatic heterocycles. The zero-order chi connectivity index (χ0) is 14.2. The lowest BCUT2D eigenvalue weighted by Crippen LogP contribution is -2.19. The van der Waals surface area contributed by atoms with Gasteiger partial charge in [-0.05, 0) is 24.1 Å². The van der Waals surface area contributed by atoms with Crippen LogP contribution in [0.15, 0.2) is 24.3 Å². The number of halogens is 1. The van der Waals surface area contributed by atoms with Crippen molar-refractivity contribution in [1.82, 2.24) is 15.3 Å². The Labute approximate surface area is 129 Å². The first-order valence-corrected chi connectivity index (χ1v) is 7.77. The van der Waals surface area contributed by atoms with Crippen molar-refractivity contribution >= 4 is 17.5 Å². The molecular weight excluding hydrogens is 284 g/mol. The van der Waals surface area contributed by atoms with E-state index >= 15 is 0 Å². The van der Waals surface area contributed by atoms with Gasteiger partial charge >= 0.3 is 0 Å². The molecule has 1 N–H and O–H groups in total. The van der Waals surface area contributed by atoms with Gasteiger partial charge in [-0.3, -0.25) is 0 Å². The molecule has 1 aromatic carbocycles.